The van der Waals surface area contributed by atoms with E-state index in [0.29, 0.717) is 16.7 Å². The van der Waals surface area contributed by atoms with Crippen LogP contribution in [-0.4, -0.2) is 38.6 Å². The van der Waals surface area contributed by atoms with E-state index < -0.39 is 28.6 Å². The zero-order chi connectivity index (χ0) is 15.6. The first kappa shape index (κ1) is 14.7. The number of benzene rings is 1. The van der Waals surface area contributed by atoms with Crippen LogP contribution in [0, 0.1) is 10.1 Å². The van der Waals surface area contributed by atoms with Crippen molar-refractivity contribution in [3.63, 3.8) is 0 Å². The van der Waals surface area contributed by atoms with Crippen LogP contribution in [0.15, 0.2) is 29.2 Å². The SMILES string of the molecule is O=C(O)CN1C(=O)SC(=Cc2ccccc2[N+](=O)[O-])C1=O. The second-order valence-corrected chi connectivity index (χ2v) is 4.97. The molecule has 9 heteroatoms. The lowest BCUT2D eigenvalue weighted by Gasteiger charge is -2.07. The fraction of sp³-hybridized carbons (Fsp3) is 0.0833. The summed E-state index contributed by atoms with van der Waals surface area (Å²) < 4.78 is 0. The third-order valence-corrected chi connectivity index (χ3v) is 3.49. The van der Waals surface area contributed by atoms with E-state index in [-0.39, 0.29) is 16.2 Å². The van der Waals surface area contributed by atoms with Gasteiger partial charge in [-0.3, -0.25) is 29.4 Å². The van der Waals surface area contributed by atoms with Gasteiger partial charge in [0.2, 0.25) is 0 Å². The van der Waals surface area contributed by atoms with Crippen molar-refractivity contribution in [3.8, 4) is 0 Å². The summed E-state index contributed by atoms with van der Waals surface area (Å²) in [4.78, 5) is 44.9. The van der Waals surface area contributed by atoms with Gasteiger partial charge in [0.25, 0.3) is 16.8 Å². The number of carboxylic acids is 1. The molecule has 1 fully saturated rings. The van der Waals surface area contributed by atoms with Crippen LogP contribution >= 0.6 is 11.8 Å². The molecular weight excluding hydrogens is 300 g/mol. The third-order valence-electron chi connectivity index (χ3n) is 2.59. The molecule has 1 aromatic rings. The van der Waals surface area contributed by atoms with E-state index in [1.165, 1.54) is 24.3 Å². The predicted molar refractivity (Wildman–Crippen MR) is 73.4 cm³/mol. The van der Waals surface area contributed by atoms with Gasteiger partial charge >= 0.3 is 5.97 Å². The summed E-state index contributed by atoms with van der Waals surface area (Å²) in [6.07, 6.45) is 1.21. The molecule has 2 amide bonds. The standard InChI is InChI=1S/C12H8N2O6S/c15-10(16)6-13-11(17)9(21-12(13)18)5-7-3-1-2-4-8(7)14(19)20/h1-5H,6H2,(H,15,16). The Morgan fingerprint density at radius 1 is 1.38 bits per heavy atom. The van der Waals surface area contributed by atoms with Crippen LogP contribution in [-0.2, 0) is 9.59 Å². The Bertz CT molecular complexity index is 684. The van der Waals surface area contributed by atoms with E-state index in [1.54, 1.807) is 6.07 Å². The summed E-state index contributed by atoms with van der Waals surface area (Å²) >= 11 is 0.552. The molecule has 1 heterocycles. The summed E-state index contributed by atoms with van der Waals surface area (Å²) in [5.74, 6) is -2.09. The smallest absolute Gasteiger partial charge is 0.323 e. The lowest BCUT2D eigenvalue weighted by Crippen LogP contribution is -2.33. The molecule has 0 unspecified atom stereocenters. The molecule has 0 atom stereocenters. The molecule has 21 heavy (non-hydrogen) atoms. The summed E-state index contributed by atoms with van der Waals surface area (Å²) in [5.41, 5.74) is -0.0362. The molecule has 1 aliphatic rings. The molecule has 1 saturated heterocycles. The number of thioether (sulfide) groups is 1. The average Bonchev–Trinajstić information content (AvgIpc) is 2.66. The minimum absolute atomic E-state index is 0.0458. The Morgan fingerprint density at radius 3 is 2.67 bits per heavy atom. The molecule has 8 nitrogen and oxygen atoms in total. The number of nitro groups is 1. The number of nitrogens with zero attached hydrogens (tertiary/aromatic N) is 2. The molecule has 0 radical (unpaired) electrons. The van der Waals surface area contributed by atoms with Crippen LogP contribution in [0.3, 0.4) is 0 Å². The van der Waals surface area contributed by atoms with Crippen molar-refractivity contribution in [2.24, 2.45) is 0 Å². The summed E-state index contributed by atoms with van der Waals surface area (Å²) in [7, 11) is 0. The lowest BCUT2D eigenvalue weighted by molar-refractivity contribution is -0.385. The van der Waals surface area contributed by atoms with Gasteiger partial charge in [-0.15, -0.1) is 0 Å². The minimum Gasteiger partial charge on any atom is -0.480 e. The van der Waals surface area contributed by atoms with Crippen LogP contribution in [0.1, 0.15) is 5.56 Å². The highest BCUT2D eigenvalue weighted by Crippen LogP contribution is 2.33. The van der Waals surface area contributed by atoms with E-state index in [2.05, 4.69) is 0 Å². The topological polar surface area (TPSA) is 118 Å². The highest BCUT2D eigenvalue weighted by molar-refractivity contribution is 8.18. The normalized spacial score (nSPS) is 16.6. The van der Waals surface area contributed by atoms with Crippen molar-refractivity contribution < 1.29 is 24.4 Å². The first-order valence-corrected chi connectivity index (χ1v) is 6.42. The highest BCUT2D eigenvalue weighted by Gasteiger charge is 2.36. The molecule has 0 aromatic heterocycles. The quantitative estimate of drug-likeness (QED) is 0.511. The van der Waals surface area contributed by atoms with Crippen LogP contribution in [0.5, 0.6) is 0 Å². The number of aliphatic carboxylic acids is 1. The van der Waals surface area contributed by atoms with Crippen LogP contribution in [0.4, 0.5) is 10.5 Å². The molecule has 2 rings (SSSR count). The van der Waals surface area contributed by atoms with Gasteiger partial charge in [-0.1, -0.05) is 12.1 Å². The summed E-state index contributed by atoms with van der Waals surface area (Å²) in [6.45, 7) is -0.737. The minimum atomic E-state index is -1.32. The Labute approximate surface area is 122 Å². The molecule has 0 saturated carbocycles. The van der Waals surface area contributed by atoms with Gasteiger partial charge in [0, 0.05) is 6.07 Å². The Hall–Kier alpha value is -2.68. The molecule has 1 aliphatic heterocycles. The van der Waals surface area contributed by atoms with Crippen molar-refractivity contribution in [1.82, 2.24) is 4.90 Å². The number of carbonyl (C=O) groups excluding carboxylic acids is 2. The number of hydrogen-bond acceptors (Lipinski definition) is 6. The van der Waals surface area contributed by atoms with Gasteiger partial charge in [-0.05, 0) is 23.9 Å². The van der Waals surface area contributed by atoms with E-state index in [4.69, 9.17) is 5.11 Å². The van der Waals surface area contributed by atoms with Crippen molar-refractivity contribution in [2.75, 3.05) is 6.54 Å². The Kier molecular flexibility index (Phi) is 4.03. The molecule has 1 N–H and O–H groups in total. The number of imide groups is 1. The Morgan fingerprint density at radius 2 is 2.05 bits per heavy atom. The van der Waals surface area contributed by atoms with E-state index in [9.17, 15) is 24.5 Å². The van der Waals surface area contributed by atoms with Crippen molar-refractivity contribution in [1.29, 1.82) is 0 Å². The Balaban J connectivity index is 2.35. The summed E-state index contributed by atoms with van der Waals surface area (Å²) in [6, 6.07) is 5.74. The number of carboxylic acid groups (broad SMARTS) is 1. The fourth-order valence-electron chi connectivity index (χ4n) is 1.69. The highest BCUT2D eigenvalue weighted by atomic mass is 32.2. The molecule has 0 bridgehead atoms. The largest absolute Gasteiger partial charge is 0.480 e. The first-order chi connectivity index (χ1) is 9.90. The number of nitro benzene ring substituents is 1. The second kappa shape index (κ2) is 5.75. The van der Waals surface area contributed by atoms with Crippen molar-refractivity contribution in [2.45, 2.75) is 0 Å². The molecule has 0 spiro atoms. The number of amides is 2. The van der Waals surface area contributed by atoms with Gasteiger partial charge in [0.05, 0.1) is 15.4 Å². The third kappa shape index (κ3) is 3.08. The van der Waals surface area contributed by atoms with E-state index >= 15 is 0 Å². The van der Waals surface area contributed by atoms with Gasteiger partial charge in [-0.25, -0.2) is 0 Å². The molecule has 1 aromatic carbocycles. The van der Waals surface area contributed by atoms with Crippen LogP contribution in [0.2, 0.25) is 0 Å². The van der Waals surface area contributed by atoms with E-state index in [0.717, 1.165) is 0 Å². The average molecular weight is 308 g/mol. The van der Waals surface area contributed by atoms with Gasteiger partial charge in [-0.2, -0.15) is 0 Å². The maximum Gasteiger partial charge on any atom is 0.323 e. The van der Waals surface area contributed by atoms with Crippen molar-refractivity contribution in [3.05, 3.63) is 44.8 Å². The second-order valence-electron chi connectivity index (χ2n) is 3.98. The fourth-order valence-corrected chi connectivity index (χ4v) is 2.52. The number of para-hydroxylation sites is 1. The molecular formula is C12H8N2O6S. The number of rotatable bonds is 4. The van der Waals surface area contributed by atoms with Gasteiger partial charge in [0.15, 0.2) is 0 Å². The number of hydrogen-bond donors (Lipinski definition) is 1. The lowest BCUT2D eigenvalue weighted by atomic mass is 10.1. The number of carbonyl (C=O) groups is 3. The maximum absolute atomic E-state index is 11.9. The monoisotopic (exact) mass is 308 g/mol. The van der Waals surface area contributed by atoms with Gasteiger partial charge < -0.3 is 5.11 Å². The maximum atomic E-state index is 11.9. The zero-order valence-corrected chi connectivity index (χ0v) is 11.2. The van der Waals surface area contributed by atoms with E-state index in [1.807, 2.05) is 0 Å². The molecule has 0 aliphatic carbocycles. The van der Waals surface area contributed by atoms with Gasteiger partial charge in [0.1, 0.15) is 6.54 Å². The van der Waals surface area contributed by atoms with Crippen molar-refractivity contribution >= 4 is 40.6 Å². The first-order valence-electron chi connectivity index (χ1n) is 5.60. The predicted octanol–water partition coefficient (Wildman–Crippen LogP) is 1.72. The summed E-state index contributed by atoms with van der Waals surface area (Å²) in [5, 5.41) is 18.8. The van der Waals surface area contributed by atoms with Crippen LogP contribution < -0.4 is 0 Å². The van der Waals surface area contributed by atoms with Crippen LogP contribution in [0.25, 0.3) is 6.08 Å². The zero-order valence-electron chi connectivity index (χ0n) is 10.4. The molecule has 108 valence electrons.